The van der Waals surface area contributed by atoms with E-state index in [4.69, 9.17) is 0 Å². The highest BCUT2D eigenvalue weighted by atomic mass is 32.1. The summed E-state index contributed by atoms with van der Waals surface area (Å²) < 4.78 is 3.31. The fourth-order valence-electron chi connectivity index (χ4n) is 2.62. The van der Waals surface area contributed by atoms with Crippen molar-refractivity contribution >= 4 is 16.3 Å². The minimum absolute atomic E-state index is 0.0551. The zero-order valence-electron chi connectivity index (χ0n) is 12.3. The average molecular weight is 293 g/mol. The standard InChI is InChI=1S/C14H21N4OS/c1-14(2,3)12-15-18-11(19)9-17(16-13(18)20-12)10-7-5-4-6-8-10/h9-10H,4-8H2,1-3H3/q+1. The highest BCUT2D eigenvalue weighted by Gasteiger charge is 2.27. The lowest BCUT2D eigenvalue weighted by atomic mass is 9.96. The minimum atomic E-state index is -0.0766. The number of hydrogen-bond acceptors (Lipinski definition) is 4. The molecule has 0 radical (unpaired) electrons. The SMILES string of the molecule is CC(C)(C)c1nn2c(=O)c[n+](C3CCCCC3)nc2s1. The molecule has 0 saturated heterocycles. The predicted octanol–water partition coefficient (Wildman–Crippen LogP) is 2.24. The van der Waals surface area contributed by atoms with Crippen LogP contribution in [0.2, 0.25) is 0 Å². The highest BCUT2D eigenvalue weighted by Crippen LogP contribution is 2.26. The molecule has 1 aliphatic rings. The zero-order valence-corrected chi connectivity index (χ0v) is 13.1. The number of hydrogen-bond donors (Lipinski definition) is 0. The first-order chi connectivity index (χ1) is 9.45. The second-order valence-electron chi connectivity index (χ2n) is 6.59. The Morgan fingerprint density at radius 3 is 2.65 bits per heavy atom. The molecule has 6 heteroatoms. The largest absolute Gasteiger partial charge is 0.340 e. The lowest BCUT2D eigenvalue weighted by molar-refractivity contribution is -0.778. The van der Waals surface area contributed by atoms with Gasteiger partial charge in [-0.3, -0.25) is 4.79 Å². The summed E-state index contributed by atoms with van der Waals surface area (Å²) in [5, 5.41) is 9.99. The van der Waals surface area contributed by atoms with E-state index >= 15 is 0 Å². The maximum Gasteiger partial charge on any atom is 0.340 e. The van der Waals surface area contributed by atoms with Crippen molar-refractivity contribution in [2.24, 2.45) is 0 Å². The van der Waals surface area contributed by atoms with Crippen LogP contribution in [0.5, 0.6) is 0 Å². The van der Waals surface area contributed by atoms with Crippen LogP contribution >= 0.6 is 11.3 Å². The first-order valence-electron chi connectivity index (χ1n) is 7.28. The van der Waals surface area contributed by atoms with Gasteiger partial charge in [0.1, 0.15) is 5.01 Å². The van der Waals surface area contributed by atoms with Crippen LogP contribution in [0.1, 0.15) is 63.9 Å². The van der Waals surface area contributed by atoms with Crippen molar-refractivity contribution < 1.29 is 4.68 Å². The van der Waals surface area contributed by atoms with Gasteiger partial charge in [-0.2, -0.15) is 9.61 Å². The third kappa shape index (κ3) is 2.49. The molecular formula is C14H21N4OS+. The Labute approximate surface area is 122 Å². The maximum absolute atomic E-state index is 12.2. The summed E-state index contributed by atoms with van der Waals surface area (Å²) in [6, 6.07) is 0.377. The van der Waals surface area contributed by atoms with Crippen LogP contribution in [0, 0.1) is 0 Å². The maximum atomic E-state index is 12.2. The van der Waals surface area contributed by atoms with Crippen LogP contribution in [0.15, 0.2) is 11.0 Å². The zero-order chi connectivity index (χ0) is 14.3. The van der Waals surface area contributed by atoms with Crippen molar-refractivity contribution in [3.63, 3.8) is 0 Å². The molecule has 0 atom stereocenters. The predicted molar refractivity (Wildman–Crippen MR) is 78.2 cm³/mol. The van der Waals surface area contributed by atoms with E-state index in [0.717, 1.165) is 17.8 Å². The third-order valence-corrected chi connectivity index (χ3v) is 5.13. The van der Waals surface area contributed by atoms with E-state index in [1.54, 1.807) is 6.20 Å². The molecule has 2 aromatic rings. The van der Waals surface area contributed by atoms with Crippen LogP contribution in [0.3, 0.4) is 0 Å². The number of aromatic nitrogens is 4. The minimum Gasteiger partial charge on any atom is -0.260 e. The van der Waals surface area contributed by atoms with Crippen molar-refractivity contribution in [2.45, 2.75) is 64.3 Å². The topological polar surface area (TPSA) is 51.1 Å². The van der Waals surface area contributed by atoms with Gasteiger partial charge in [-0.25, -0.2) is 0 Å². The lowest BCUT2D eigenvalue weighted by Gasteiger charge is -2.14. The number of fused-ring (bicyclic) bond motifs is 1. The molecule has 5 nitrogen and oxygen atoms in total. The summed E-state index contributed by atoms with van der Waals surface area (Å²) in [6.07, 6.45) is 7.61. The summed E-state index contributed by atoms with van der Waals surface area (Å²) in [5.41, 5.74) is -0.132. The molecule has 0 spiro atoms. The van der Waals surface area contributed by atoms with E-state index in [0.29, 0.717) is 11.0 Å². The van der Waals surface area contributed by atoms with Gasteiger partial charge >= 0.3 is 5.56 Å². The Morgan fingerprint density at radius 1 is 1.30 bits per heavy atom. The molecular weight excluding hydrogens is 272 g/mol. The van der Waals surface area contributed by atoms with Gasteiger partial charge < -0.3 is 0 Å². The summed E-state index contributed by atoms with van der Waals surface area (Å²) in [7, 11) is 0. The molecule has 2 heterocycles. The van der Waals surface area contributed by atoms with Gasteiger partial charge in [0.25, 0.3) is 11.2 Å². The van der Waals surface area contributed by atoms with Gasteiger partial charge in [0.15, 0.2) is 6.04 Å². The van der Waals surface area contributed by atoms with Gasteiger partial charge in [-0.15, -0.1) is 0 Å². The molecule has 0 bridgehead atoms. The Morgan fingerprint density at radius 2 is 2.00 bits per heavy atom. The summed E-state index contributed by atoms with van der Waals surface area (Å²) >= 11 is 1.52. The lowest BCUT2D eigenvalue weighted by Crippen LogP contribution is -2.47. The normalized spacial score (nSPS) is 17.8. The van der Waals surface area contributed by atoms with Crippen LogP contribution < -0.4 is 10.2 Å². The molecule has 1 fully saturated rings. The Balaban J connectivity index is 2.06. The average Bonchev–Trinajstić information content (AvgIpc) is 2.84. The first kappa shape index (κ1) is 13.7. The fourth-order valence-corrected chi connectivity index (χ4v) is 3.58. The molecule has 0 aliphatic heterocycles. The number of nitrogens with zero attached hydrogens (tertiary/aromatic N) is 4. The van der Waals surface area contributed by atoms with Gasteiger partial charge in [-0.1, -0.05) is 43.2 Å². The van der Waals surface area contributed by atoms with E-state index < -0.39 is 0 Å². The third-order valence-electron chi connectivity index (χ3n) is 3.80. The van der Waals surface area contributed by atoms with Crippen LogP contribution in [-0.2, 0) is 5.41 Å². The molecule has 0 amide bonds. The summed E-state index contributed by atoms with van der Waals surface area (Å²) in [4.78, 5) is 12.9. The molecule has 1 saturated carbocycles. The van der Waals surface area contributed by atoms with E-state index in [2.05, 4.69) is 31.0 Å². The Hall–Kier alpha value is -1.30. The van der Waals surface area contributed by atoms with Crippen LogP contribution in [0.25, 0.3) is 4.96 Å². The van der Waals surface area contributed by atoms with Crippen molar-refractivity contribution in [1.82, 2.24) is 14.7 Å². The Kier molecular flexibility index (Phi) is 3.36. The smallest absolute Gasteiger partial charge is 0.260 e. The molecule has 108 valence electrons. The molecule has 1 aliphatic carbocycles. The molecule has 2 aromatic heterocycles. The molecule has 20 heavy (non-hydrogen) atoms. The van der Waals surface area contributed by atoms with Crippen molar-refractivity contribution in [1.29, 1.82) is 0 Å². The number of rotatable bonds is 1. The van der Waals surface area contributed by atoms with Crippen molar-refractivity contribution in [3.8, 4) is 0 Å². The van der Waals surface area contributed by atoms with Gasteiger partial charge in [0.05, 0.1) is 0 Å². The molecule has 3 rings (SSSR count). The summed E-state index contributed by atoms with van der Waals surface area (Å²) in [5.74, 6) is 0. The highest BCUT2D eigenvalue weighted by molar-refractivity contribution is 7.16. The second kappa shape index (κ2) is 4.91. The summed E-state index contributed by atoms with van der Waals surface area (Å²) in [6.45, 7) is 6.31. The first-order valence-corrected chi connectivity index (χ1v) is 8.09. The van der Waals surface area contributed by atoms with Crippen LogP contribution in [0.4, 0.5) is 0 Å². The van der Waals surface area contributed by atoms with Crippen molar-refractivity contribution in [3.05, 3.63) is 21.6 Å². The van der Waals surface area contributed by atoms with E-state index in [1.165, 1.54) is 35.1 Å². The Bertz CT molecular complexity index is 677. The quantitative estimate of drug-likeness (QED) is 0.758. The van der Waals surface area contributed by atoms with E-state index in [9.17, 15) is 4.79 Å². The molecule has 0 aromatic carbocycles. The molecule has 0 unspecified atom stereocenters. The monoisotopic (exact) mass is 293 g/mol. The second-order valence-corrected chi connectivity index (χ2v) is 7.55. The fraction of sp³-hybridized carbons (Fsp3) is 0.714. The molecule has 0 N–H and O–H groups in total. The van der Waals surface area contributed by atoms with Crippen LogP contribution in [-0.4, -0.2) is 14.7 Å². The van der Waals surface area contributed by atoms with Crippen molar-refractivity contribution in [2.75, 3.05) is 0 Å². The van der Waals surface area contributed by atoms with E-state index in [1.807, 2.05) is 4.68 Å². The van der Waals surface area contributed by atoms with Gasteiger partial charge in [0, 0.05) is 23.4 Å². The van der Waals surface area contributed by atoms with Gasteiger partial charge in [-0.05, 0) is 12.8 Å². The van der Waals surface area contributed by atoms with Gasteiger partial charge in [0.2, 0.25) is 0 Å². The van der Waals surface area contributed by atoms with E-state index in [-0.39, 0.29) is 11.0 Å².